The van der Waals surface area contributed by atoms with Crippen molar-refractivity contribution >= 4 is 11.6 Å². The molecule has 2 heterocycles. The SMILES string of the molecule is CC(C)(N)C(=O)N[C@H](COCc1ccccc1)c1nnc2ccc(CCC#N)cn12. The molecule has 30 heavy (non-hydrogen) atoms. The molecule has 156 valence electrons. The fourth-order valence-corrected chi connectivity index (χ4v) is 2.93. The number of carbonyl (C=O) groups is 1. The zero-order chi connectivity index (χ0) is 21.6. The topological polar surface area (TPSA) is 118 Å². The Morgan fingerprint density at radius 2 is 2.00 bits per heavy atom. The van der Waals surface area contributed by atoms with Crippen LogP contribution in [-0.2, 0) is 22.6 Å². The van der Waals surface area contributed by atoms with Crippen molar-refractivity contribution in [3.8, 4) is 6.07 Å². The van der Waals surface area contributed by atoms with Crippen LogP contribution in [0.1, 0.15) is 43.3 Å². The molecule has 0 fully saturated rings. The Balaban J connectivity index is 1.84. The van der Waals surface area contributed by atoms with Crippen LogP contribution >= 0.6 is 0 Å². The molecule has 0 unspecified atom stereocenters. The lowest BCUT2D eigenvalue weighted by molar-refractivity contribution is -0.126. The number of nitrogens with one attached hydrogen (secondary N) is 1. The summed E-state index contributed by atoms with van der Waals surface area (Å²) in [7, 11) is 0. The lowest BCUT2D eigenvalue weighted by Gasteiger charge is -2.23. The Bertz CT molecular complexity index is 1030. The van der Waals surface area contributed by atoms with Crippen molar-refractivity contribution in [3.05, 3.63) is 65.6 Å². The molecule has 3 rings (SSSR count). The number of amides is 1. The van der Waals surface area contributed by atoms with Crippen molar-refractivity contribution in [3.63, 3.8) is 0 Å². The van der Waals surface area contributed by atoms with E-state index in [1.807, 2.05) is 53.1 Å². The maximum absolute atomic E-state index is 12.6. The molecule has 0 aliphatic rings. The minimum Gasteiger partial charge on any atom is -0.374 e. The van der Waals surface area contributed by atoms with Crippen LogP contribution in [0.15, 0.2) is 48.7 Å². The molecule has 0 saturated heterocycles. The summed E-state index contributed by atoms with van der Waals surface area (Å²) in [6.07, 6.45) is 2.94. The van der Waals surface area contributed by atoms with Gasteiger partial charge in [-0.15, -0.1) is 10.2 Å². The molecule has 8 heteroatoms. The predicted molar refractivity (Wildman–Crippen MR) is 112 cm³/mol. The van der Waals surface area contributed by atoms with Gasteiger partial charge in [0.2, 0.25) is 5.91 Å². The van der Waals surface area contributed by atoms with Crippen LogP contribution in [-0.4, -0.2) is 32.7 Å². The molecule has 0 spiro atoms. The van der Waals surface area contributed by atoms with E-state index in [1.165, 1.54) is 0 Å². The van der Waals surface area contributed by atoms with Crippen molar-refractivity contribution in [1.82, 2.24) is 19.9 Å². The quantitative estimate of drug-likeness (QED) is 0.563. The highest BCUT2D eigenvalue weighted by Crippen LogP contribution is 2.17. The van der Waals surface area contributed by atoms with Crippen LogP contribution in [0.2, 0.25) is 0 Å². The number of benzene rings is 1. The molecule has 1 atom stereocenters. The largest absolute Gasteiger partial charge is 0.374 e. The first-order valence-electron chi connectivity index (χ1n) is 9.80. The molecule has 8 nitrogen and oxygen atoms in total. The average molecular weight is 406 g/mol. The molecule has 0 saturated carbocycles. The van der Waals surface area contributed by atoms with E-state index in [-0.39, 0.29) is 12.5 Å². The molecule has 1 amide bonds. The maximum atomic E-state index is 12.6. The summed E-state index contributed by atoms with van der Waals surface area (Å²) in [5.41, 5.74) is 7.59. The van der Waals surface area contributed by atoms with Gasteiger partial charge in [-0.25, -0.2) is 0 Å². The Hall–Kier alpha value is -3.28. The van der Waals surface area contributed by atoms with Gasteiger partial charge in [0.05, 0.1) is 24.8 Å². The van der Waals surface area contributed by atoms with E-state index in [0.29, 0.717) is 30.9 Å². The molecule has 3 N–H and O–H groups in total. The van der Waals surface area contributed by atoms with Crippen LogP contribution in [0, 0.1) is 11.3 Å². The van der Waals surface area contributed by atoms with Gasteiger partial charge in [0, 0.05) is 12.6 Å². The Morgan fingerprint density at radius 1 is 1.23 bits per heavy atom. The molecule has 2 aromatic heterocycles. The van der Waals surface area contributed by atoms with E-state index in [9.17, 15) is 4.79 Å². The molecule has 0 aliphatic heterocycles. The van der Waals surface area contributed by atoms with Crippen LogP contribution in [0.4, 0.5) is 0 Å². The van der Waals surface area contributed by atoms with Crippen LogP contribution < -0.4 is 11.1 Å². The zero-order valence-corrected chi connectivity index (χ0v) is 17.2. The molecule has 3 aromatic rings. The molecule has 1 aromatic carbocycles. The van der Waals surface area contributed by atoms with Crippen LogP contribution in [0.3, 0.4) is 0 Å². The maximum Gasteiger partial charge on any atom is 0.240 e. The van der Waals surface area contributed by atoms with Gasteiger partial charge in [0.1, 0.15) is 6.04 Å². The van der Waals surface area contributed by atoms with Crippen LogP contribution in [0.25, 0.3) is 5.65 Å². The van der Waals surface area contributed by atoms with Crippen molar-refractivity contribution < 1.29 is 9.53 Å². The second kappa shape index (κ2) is 9.48. The van der Waals surface area contributed by atoms with Gasteiger partial charge in [-0.05, 0) is 37.5 Å². The van der Waals surface area contributed by atoms with E-state index in [4.69, 9.17) is 15.7 Å². The van der Waals surface area contributed by atoms with E-state index in [0.717, 1.165) is 11.1 Å². The van der Waals surface area contributed by atoms with E-state index in [2.05, 4.69) is 21.6 Å². The number of aryl methyl sites for hydroxylation is 1. The van der Waals surface area contributed by atoms with Crippen molar-refractivity contribution in [2.24, 2.45) is 5.73 Å². The van der Waals surface area contributed by atoms with Crippen molar-refractivity contribution in [2.75, 3.05) is 6.61 Å². The highest BCUT2D eigenvalue weighted by atomic mass is 16.5. The van der Waals surface area contributed by atoms with Gasteiger partial charge < -0.3 is 15.8 Å². The first-order valence-corrected chi connectivity index (χ1v) is 9.80. The number of nitriles is 1. The third-order valence-electron chi connectivity index (χ3n) is 4.61. The average Bonchev–Trinajstić information content (AvgIpc) is 3.14. The summed E-state index contributed by atoms with van der Waals surface area (Å²) in [6, 6.07) is 15.2. The second-order valence-corrected chi connectivity index (χ2v) is 7.73. The van der Waals surface area contributed by atoms with Crippen LogP contribution in [0.5, 0.6) is 0 Å². The fourth-order valence-electron chi connectivity index (χ4n) is 2.93. The first-order chi connectivity index (χ1) is 14.4. The normalized spacial score (nSPS) is 12.5. The molecule has 0 aliphatic carbocycles. The van der Waals surface area contributed by atoms with E-state index < -0.39 is 11.6 Å². The molecule has 0 radical (unpaired) electrons. The molecular weight excluding hydrogens is 380 g/mol. The van der Waals surface area contributed by atoms with E-state index in [1.54, 1.807) is 13.8 Å². The number of nitrogens with zero attached hydrogens (tertiary/aromatic N) is 4. The number of fused-ring (bicyclic) bond motifs is 1. The van der Waals surface area contributed by atoms with Gasteiger partial charge in [-0.3, -0.25) is 9.20 Å². The summed E-state index contributed by atoms with van der Waals surface area (Å²) in [5.74, 6) is 0.239. The smallest absolute Gasteiger partial charge is 0.240 e. The van der Waals surface area contributed by atoms with Gasteiger partial charge in [0.25, 0.3) is 0 Å². The number of ether oxygens (including phenoxy) is 1. The lowest BCUT2D eigenvalue weighted by atomic mass is 10.1. The number of hydrogen-bond donors (Lipinski definition) is 2. The first kappa shape index (κ1) is 21.4. The standard InChI is InChI=1S/C22H26N6O2/c1-22(2,24)21(29)25-18(15-30-14-17-7-4-3-5-8-17)20-27-26-19-11-10-16(9-6-12-23)13-28(19)20/h3-5,7-8,10-11,13,18H,6,9,14-15,24H2,1-2H3,(H,25,29)/t18-/m1/s1. The van der Waals surface area contributed by atoms with Crippen molar-refractivity contribution in [2.45, 2.75) is 44.9 Å². The summed E-state index contributed by atoms with van der Waals surface area (Å²) in [4.78, 5) is 12.6. The van der Waals surface area contributed by atoms with Gasteiger partial charge in [-0.2, -0.15) is 5.26 Å². The predicted octanol–water partition coefficient (Wildman–Crippen LogP) is 2.30. The second-order valence-electron chi connectivity index (χ2n) is 7.73. The Labute approximate surface area is 175 Å². The lowest BCUT2D eigenvalue weighted by Crippen LogP contribution is -2.50. The van der Waals surface area contributed by atoms with E-state index >= 15 is 0 Å². The number of hydrogen-bond acceptors (Lipinski definition) is 6. The summed E-state index contributed by atoms with van der Waals surface area (Å²) < 4.78 is 7.71. The minimum absolute atomic E-state index is 0.208. The third-order valence-corrected chi connectivity index (χ3v) is 4.61. The highest BCUT2D eigenvalue weighted by Gasteiger charge is 2.28. The Kier molecular flexibility index (Phi) is 6.77. The Morgan fingerprint density at radius 3 is 2.70 bits per heavy atom. The van der Waals surface area contributed by atoms with Gasteiger partial charge >= 0.3 is 0 Å². The third kappa shape index (κ3) is 5.41. The molecule has 0 bridgehead atoms. The number of rotatable bonds is 9. The summed E-state index contributed by atoms with van der Waals surface area (Å²) in [5, 5.41) is 20.3. The number of carbonyl (C=O) groups excluding carboxylic acids is 1. The number of nitrogens with two attached hydrogens (primary N) is 1. The summed E-state index contributed by atoms with van der Waals surface area (Å²) in [6.45, 7) is 3.90. The number of pyridine rings is 1. The van der Waals surface area contributed by atoms with Gasteiger partial charge in [0.15, 0.2) is 11.5 Å². The molecular formula is C22H26N6O2. The van der Waals surface area contributed by atoms with Gasteiger partial charge in [-0.1, -0.05) is 36.4 Å². The minimum atomic E-state index is -1.05. The van der Waals surface area contributed by atoms with Crippen molar-refractivity contribution in [1.29, 1.82) is 5.26 Å². The monoisotopic (exact) mass is 406 g/mol. The number of aromatic nitrogens is 3. The highest BCUT2D eigenvalue weighted by molar-refractivity contribution is 5.85. The summed E-state index contributed by atoms with van der Waals surface area (Å²) >= 11 is 0. The fraction of sp³-hybridized carbons (Fsp3) is 0.364. The zero-order valence-electron chi connectivity index (χ0n) is 17.2.